The number of tetrazole rings is 1. The molecule has 0 unspecified atom stereocenters. The highest BCUT2D eigenvalue weighted by Crippen LogP contribution is 2.50. The molecule has 0 saturated carbocycles. The number of nitrogens with zero attached hydrogens (tertiary/aromatic N) is 5. The summed E-state index contributed by atoms with van der Waals surface area (Å²) in [5.74, 6) is 2.88. The van der Waals surface area contributed by atoms with Crippen LogP contribution < -0.4 is 24.3 Å². The molecule has 11 heteroatoms. The van der Waals surface area contributed by atoms with Gasteiger partial charge in [0, 0.05) is 17.7 Å². The smallest absolute Gasteiger partial charge is 0.255 e. The number of hydrogen-bond donors (Lipinski definition) is 1. The summed E-state index contributed by atoms with van der Waals surface area (Å²) in [7, 11) is 5.23. The zero-order valence-corrected chi connectivity index (χ0v) is 22.1. The van der Waals surface area contributed by atoms with Gasteiger partial charge in [-0.15, -0.1) is 5.10 Å². The van der Waals surface area contributed by atoms with Gasteiger partial charge < -0.3 is 24.3 Å². The van der Waals surface area contributed by atoms with Gasteiger partial charge in [-0.3, -0.25) is 9.69 Å². The normalized spacial score (nSPS) is 16.1. The van der Waals surface area contributed by atoms with Gasteiger partial charge in [0.1, 0.15) is 11.8 Å². The number of benzene rings is 3. The molecule has 0 bridgehead atoms. The lowest BCUT2D eigenvalue weighted by molar-refractivity contribution is 0.102. The van der Waals surface area contributed by atoms with Crippen LogP contribution in [0.3, 0.4) is 0 Å². The molecule has 1 N–H and O–H groups in total. The van der Waals surface area contributed by atoms with Crippen molar-refractivity contribution in [3.63, 3.8) is 0 Å². The Morgan fingerprint density at radius 1 is 1.08 bits per heavy atom. The fourth-order valence-electron chi connectivity index (χ4n) is 5.18. The molecule has 11 nitrogen and oxygen atoms in total. The zero-order valence-electron chi connectivity index (χ0n) is 22.1. The number of ether oxygens (including phenoxy) is 4. The predicted molar refractivity (Wildman–Crippen MR) is 142 cm³/mol. The number of fused-ring (bicyclic) bond motifs is 2. The molecule has 0 saturated heterocycles. The summed E-state index contributed by atoms with van der Waals surface area (Å²) in [6.45, 7) is 2.91. The highest BCUT2D eigenvalue weighted by Gasteiger charge is 2.37. The highest BCUT2D eigenvalue weighted by molar-refractivity contribution is 6.05. The van der Waals surface area contributed by atoms with Crippen LogP contribution in [0.2, 0.25) is 0 Å². The van der Waals surface area contributed by atoms with Crippen molar-refractivity contribution in [3.8, 4) is 28.7 Å². The van der Waals surface area contributed by atoms with Gasteiger partial charge in [-0.1, -0.05) is 6.07 Å². The fourth-order valence-corrected chi connectivity index (χ4v) is 5.18. The predicted octanol–water partition coefficient (Wildman–Crippen LogP) is 3.55. The Morgan fingerprint density at radius 3 is 2.67 bits per heavy atom. The average molecular weight is 529 g/mol. The molecule has 0 aliphatic carbocycles. The number of rotatable bonds is 6. The van der Waals surface area contributed by atoms with Crippen molar-refractivity contribution in [2.75, 3.05) is 39.9 Å². The Balaban J connectivity index is 1.32. The third-order valence-electron chi connectivity index (χ3n) is 7.11. The van der Waals surface area contributed by atoms with E-state index in [-0.39, 0.29) is 18.7 Å². The van der Waals surface area contributed by atoms with Crippen molar-refractivity contribution in [1.29, 1.82) is 0 Å². The van der Waals surface area contributed by atoms with Crippen LogP contribution in [0.4, 0.5) is 5.69 Å². The first kappa shape index (κ1) is 24.7. The van der Waals surface area contributed by atoms with Gasteiger partial charge in [0.05, 0.1) is 25.6 Å². The Labute approximate surface area is 225 Å². The molecule has 1 amide bonds. The number of anilines is 1. The van der Waals surface area contributed by atoms with Gasteiger partial charge in [0.25, 0.3) is 5.91 Å². The monoisotopic (exact) mass is 528 g/mol. The maximum absolute atomic E-state index is 13.0. The van der Waals surface area contributed by atoms with Crippen molar-refractivity contribution in [1.82, 2.24) is 25.1 Å². The molecule has 0 radical (unpaired) electrons. The lowest BCUT2D eigenvalue weighted by Gasteiger charge is -2.34. The molecule has 3 heterocycles. The maximum atomic E-state index is 13.0. The van der Waals surface area contributed by atoms with Crippen LogP contribution in [0.15, 0.2) is 48.5 Å². The van der Waals surface area contributed by atoms with Crippen LogP contribution in [-0.2, 0) is 6.42 Å². The van der Waals surface area contributed by atoms with Crippen molar-refractivity contribution in [3.05, 3.63) is 76.6 Å². The van der Waals surface area contributed by atoms with E-state index in [2.05, 4.69) is 25.7 Å². The van der Waals surface area contributed by atoms with Gasteiger partial charge in [-0.25, -0.2) is 0 Å². The maximum Gasteiger partial charge on any atom is 0.255 e. The molecular formula is C28H28N6O5. The molecule has 0 spiro atoms. The molecule has 4 aromatic rings. The number of hydrogen-bond acceptors (Lipinski definition) is 9. The standard InChI is InChI=1S/C28H28N6O5/c1-16-5-10-21(36-3)20(13-16)29-28(35)17-6-8-19(9-7-17)34-27(30-31-32-34)24-23-18(11-12-33(24)2)14-22-25(26(23)37-4)39-15-38-22/h5-10,13-14,24H,11-12,15H2,1-4H3,(H,29,35)/t24-/m0/s1. The number of likely N-dealkylation sites (N-methyl/N-ethyl adjacent to an activating group) is 1. The Bertz CT molecular complexity index is 1550. The highest BCUT2D eigenvalue weighted by atomic mass is 16.7. The second-order valence-electron chi connectivity index (χ2n) is 9.50. The topological polar surface area (TPSA) is 113 Å². The summed E-state index contributed by atoms with van der Waals surface area (Å²) in [5, 5.41) is 15.6. The van der Waals surface area contributed by atoms with Gasteiger partial charge in [-0.2, -0.15) is 4.68 Å². The molecule has 6 rings (SSSR count). The van der Waals surface area contributed by atoms with Gasteiger partial charge >= 0.3 is 0 Å². The van der Waals surface area contributed by atoms with Crippen LogP contribution in [-0.4, -0.2) is 65.6 Å². The summed E-state index contributed by atoms with van der Waals surface area (Å²) in [6, 6.07) is 14.5. The lowest BCUT2D eigenvalue weighted by atomic mass is 9.90. The minimum absolute atomic E-state index is 0.156. The van der Waals surface area contributed by atoms with Crippen LogP contribution >= 0.6 is 0 Å². The third kappa shape index (κ3) is 4.30. The van der Waals surface area contributed by atoms with Crippen molar-refractivity contribution in [2.45, 2.75) is 19.4 Å². The molecule has 2 aliphatic heterocycles. The Hall–Kier alpha value is -4.64. The summed E-state index contributed by atoms with van der Waals surface area (Å²) in [4.78, 5) is 15.2. The minimum Gasteiger partial charge on any atom is -0.495 e. The Kier molecular flexibility index (Phi) is 6.27. The number of aromatic nitrogens is 4. The van der Waals surface area contributed by atoms with Crippen LogP contribution in [0.25, 0.3) is 5.69 Å². The van der Waals surface area contributed by atoms with Crippen LogP contribution in [0, 0.1) is 6.92 Å². The van der Waals surface area contributed by atoms with E-state index in [0.29, 0.717) is 40.1 Å². The number of nitrogens with one attached hydrogen (secondary N) is 1. The number of methoxy groups -OCH3 is 2. The first-order valence-electron chi connectivity index (χ1n) is 12.5. The van der Waals surface area contributed by atoms with Gasteiger partial charge in [0.15, 0.2) is 17.3 Å². The van der Waals surface area contributed by atoms with Crippen molar-refractivity contribution < 1.29 is 23.7 Å². The van der Waals surface area contributed by atoms with E-state index in [1.807, 2.05) is 50.4 Å². The first-order valence-corrected chi connectivity index (χ1v) is 12.5. The molecule has 0 fully saturated rings. The average Bonchev–Trinajstić information content (AvgIpc) is 3.62. The molecule has 2 aliphatic rings. The Morgan fingerprint density at radius 2 is 1.90 bits per heavy atom. The van der Waals surface area contributed by atoms with Gasteiger partial charge in [0.2, 0.25) is 12.5 Å². The summed E-state index contributed by atoms with van der Waals surface area (Å²) in [5.41, 5.74) is 4.90. The van der Waals surface area contributed by atoms with Crippen molar-refractivity contribution >= 4 is 11.6 Å². The number of carbonyl (C=O) groups excluding carboxylic acids is 1. The second-order valence-corrected chi connectivity index (χ2v) is 9.50. The van der Waals surface area contributed by atoms with E-state index < -0.39 is 0 Å². The molecule has 1 atom stereocenters. The number of amides is 1. The first-order chi connectivity index (χ1) is 19.0. The van der Waals surface area contributed by atoms with E-state index >= 15 is 0 Å². The number of aryl methyl sites for hydroxylation is 1. The quantitative estimate of drug-likeness (QED) is 0.401. The van der Waals surface area contributed by atoms with Crippen molar-refractivity contribution in [2.24, 2.45) is 0 Å². The molecule has 39 heavy (non-hydrogen) atoms. The van der Waals surface area contributed by atoms with Crippen LogP contribution in [0.1, 0.15) is 38.9 Å². The van der Waals surface area contributed by atoms with E-state index in [1.165, 1.54) is 0 Å². The minimum atomic E-state index is -0.287. The third-order valence-corrected chi connectivity index (χ3v) is 7.11. The van der Waals surface area contributed by atoms with E-state index in [9.17, 15) is 4.79 Å². The van der Waals surface area contributed by atoms with E-state index in [0.717, 1.165) is 35.3 Å². The molecule has 200 valence electrons. The van der Waals surface area contributed by atoms with E-state index in [4.69, 9.17) is 18.9 Å². The lowest BCUT2D eigenvalue weighted by Crippen LogP contribution is -2.35. The summed E-state index contributed by atoms with van der Waals surface area (Å²) >= 11 is 0. The second kappa shape index (κ2) is 9.91. The zero-order chi connectivity index (χ0) is 27.1. The van der Waals surface area contributed by atoms with Crippen LogP contribution in [0.5, 0.6) is 23.0 Å². The molecular weight excluding hydrogens is 500 g/mol. The molecule has 3 aromatic carbocycles. The van der Waals surface area contributed by atoms with E-state index in [1.54, 1.807) is 31.0 Å². The molecule has 1 aromatic heterocycles. The SMILES string of the molecule is COc1ccc(C)cc1NC(=O)c1ccc(-n2nnnc2[C@@H]2c3c(cc4c(c3OC)OCO4)CCN2C)cc1. The summed E-state index contributed by atoms with van der Waals surface area (Å²) in [6.07, 6.45) is 0.826. The summed E-state index contributed by atoms with van der Waals surface area (Å²) < 4.78 is 24.3. The fraction of sp³-hybridized carbons (Fsp3) is 0.286. The van der Waals surface area contributed by atoms with Gasteiger partial charge in [-0.05, 0) is 84.4 Å². The number of carbonyl (C=O) groups is 1. The largest absolute Gasteiger partial charge is 0.495 e.